The number of rotatable bonds is 8. The molecule has 5 atom stereocenters. The van der Waals surface area contributed by atoms with Crippen molar-refractivity contribution in [3.05, 3.63) is 36.3 Å². The molecule has 0 unspecified atom stereocenters. The summed E-state index contributed by atoms with van der Waals surface area (Å²) in [6.45, 7) is 17.5. The van der Waals surface area contributed by atoms with E-state index in [2.05, 4.69) is 20.9 Å². The lowest BCUT2D eigenvalue weighted by atomic mass is 9.85. The molecule has 2 aliphatic rings. The number of likely N-dealkylation sites (N-methyl/N-ethyl adjacent to an activating group) is 1. The van der Waals surface area contributed by atoms with Crippen LogP contribution >= 0.6 is 0 Å². The number of nitrogens with zero attached hydrogens (tertiary/aromatic N) is 6. The Balaban J connectivity index is 1.58. The zero-order valence-electron chi connectivity index (χ0n) is 29.8. The highest BCUT2D eigenvalue weighted by molar-refractivity contribution is 5.92. The van der Waals surface area contributed by atoms with Gasteiger partial charge in [-0.25, -0.2) is 14.0 Å². The van der Waals surface area contributed by atoms with Gasteiger partial charge in [0.1, 0.15) is 29.2 Å². The topological polar surface area (TPSA) is 142 Å². The number of benzene rings is 1. The van der Waals surface area contributed by atoms with Crippen molar-refractivity contribution in [2.75, 3.05) is 20.1 Å². The van der Waals surface area contributed by atoms with Gasteiger partial charge in [0.2, 0.25) is 11.8 Å². The van der Waals surface area contributed by atoms with Gasteiger partial charge < -0.3 is 25.2 Å². The molecule has 1 aromatic heterocycles. The van der Waals surface area contributed by atoms with E-state index >= 15 is 0 Å². The van der Waals surface area contributed by atoms with E-state index in [1.165, 1.54) is 24.1 Å². The second kappa shape index (κ2) is 14.1. The molecule has 0 bridgehead atoms. The average molecular weight is 671 g/mol. The first-order valence-electron chi connectivity index (χ1n) is 16.6. The molecule has 0 saturated carbocycles. The Morgan fingerprint density at radius 1 is 1.02 bits per heavy atom. The second-order valence-electron chi connectivity index (χ2n) is 15.3. The van der Waals surface area contributed by atoms with Crippen LogP contribution in [0, 0.1) is 17.2 Å². The van der Waals surface area contributed by atoms with Crippen LogP contribution in [0.3, 0.4) is 0 Å². The zero-order valence-corrected chi connectivity index (χ0v) is 29.8. The summed E-state index contributed by atoms with van der Waals surface area (Å²) in [7, 11) is 1.49. The molecule has 0 spiro atoms. The molecular weight excluding hydrogens is 619 g/mol. The van der Waals surface area contributed by atoms with Gasteiger partial charge >= 0.3 is 12.1 Å². The molecular formula is C34H51FN8O5. The lowest BCUT2D eigenvalue weighted by molar-refractivity contribution is -0.141. The molecule has 14 heteroatoms. The molecule has 5 amide bonds. The Morgan fingerprint density at radius 2 is 1.67 bits per heavy atom. The van der Waals surface area contributed by atoms with Crippen molar-refractivity contribution in [3.8, 4) is 11.3 Å². The Morgan fingerprint density at radius 3 is 2.25 bits per heavy atom. The summed E-state index contributed by atoms with van der Waals surface area (Å²) < 4.78 is 20.6. The van der Waals surface area contributed by atoms with Gasteiger partial charge in [0.25, 0.3) is 0 Å². The Hall–Kier alpha value is -4.23. The van der Waals surface area contributed by atoms with Crippen molar-refractivity contribution in [1.29, 1.82) is 0 Å². The number of carbonyl (C=O) groups excluding carboxylic acids is 4. The highest BCUT2D eigenvalue weighted by atomic mass is 19.1. The van der Waals surface area contributed by atoms with Crippen LogP contribution in [0.4, 0.5) is 14.0 Å². The Labute approximate surface area is 282 Å². The number of fused-ring (bicyclic) bond motifs is 1. The number of nitrogens with one attached hydrogen (secondary N) is 2. The molecule has 2 saturated heterocycles. The summed E-state index contributed by atoms with van der Waals surface area (Å²) in [5.41, 5.74) is -0.102. The lowest BCUT2D eigenvalue weighted by Gasteiger charge is -2.38. The highest BCUT2D eigenvalue weighted by Crippen LogP contribution is 2.38. The van der Waals surface area contributed by atoms with Gasteiger partial charge in [-0.05, 0) is 77.6 Å². The third-order valence-corrected chi connectivity index (χ3v) is 8.83. The summed E-state index contributed by atoms with van der Waals surface area (Å²) in [6, 6.07) is 3.37. The Bertz CT molecular complexity index is 1480. The average Bonchev–Trinajstić information content (AvgIpc) is 3.70. The summed E-state index contributed by atoms with van der Waals surface area (Å²) in [6.07, 6.45) is 1.72. The van der Waals surface area contributed by atoms with Crippen LogP contribution in [-0.4, -0.2) is 110 Å². The summed E-state index contributed by atoms with van der Waals surface area (Å²) in [5.74, 6) is -1.26. The largest absolute Gasteiger partial charge is 0.444 e. The summed E-state index contributed by atoms with van der Waals surface area (Å²) in [5, 5.41) is 14.5. The maximum absolute atomic E-state index is 14.5. The molecule has 13 nitrogen and oxygen atoms in total. The van der Waals surface area contributed by atoms with Crippen molar-refractivity contribution >= 4 is 23.9 Å². The van der Waals surface area contributed by atoms with E-state index in [1.54, 1.807) is 55.6 Å². The number of amides is 5. The van der Waals surface area contributed by atoms with Crippen LogP contribution in [0.5, 0.6) is 0 Å². The standard InChI is InChI=1S/C34H51FN8O5/c1-20(2)36-31(46)43-18-23(17-41-19-25(38-39-41)22-11-13-24(35)14-12-22)27-26(43)15-16-42(27)30(45)28(33(4,5)6)37-29(44)21(3)40(10)32(47)48-34(7,8)9/h11-14,19-21,23,26-28H,15-18H2,1-10H3,(H,36,46)(H,37,44)/t21-,23-,26+,27+,28+/m0/s1. The zero-order chi connectivity index (χ0) is 35.7. The predicted octanol–water partition coefficient (Wildman–Crippen LogP) is 3.89. The highest BCUT2D eigenvalue weighted by Gasteiger charge is 2.53. The first kappa shape index (κ1) is 36.6. The minimum Gasteiger partial charge on any atom is -0.444 e. The van der Waals surface area contributed by atoms with Crippen molar-refractivity contribution in [1.82, 2.24) is 40.3 Å². The molecule has 2 aromatic rings. The molecule has 2 aliphatic heterocycles. The van der Waals surface area contributed by atoms with Crippen molar-refractivity contribution in [2.24, 2.45) is 11.3 Å². The van der Waals surface area contributed by atoms with Gasteiger partial charge in [-0.15, -0.1) is 5.10 Å². The van der Waals surface area contributed by atoms with Gasteiger partial charge in [0.05, 0.1) is 18.3 Å². The molecule has 0 radical (unpaired) electrons. The number of carbonyl (C=O) groups is 4. The van der Waals surface area contributed by atoms with Crippen molar-refractivity contribution < 1.29 is 28.3 Å². The molecule has 0 aliphatic carbocycles. The van der Waals surface area contributed by atoms with Gasteiger partial charge in [-0.2, -0.15) is 0 Å². The molecule has 2 N–H and O–H groups in total. The SMILES string of the molecule is CC(C)NC(=O)N1C[C@H](Cn2cc(-c3ccc(F)cc3)nn2)[C@@H]2[C@H]1CCN2C(=O)[C@@H](NC(=O)[C@H](C)N(C)C(=O)OC(C)(C)C)C(C)(C)C. The summed E-state index contributed by atoms with van der Waals surface area (Å²) in [4.78, 5) is 58.8. The number of urea groups is 1. The van der Waals surface area contributed by atoms with E-state index in [1.807, 2.05) is 39.5 Å². The van der Waals surface area contributed by atoms with Crippen molar-refractivity contribution in [3.63, 3.8) is 0 Å². The van der Waals surface area contributed by atoms with E-state index < -0.39 is 35.1 Å². The van der Waals surface area contributed by atoms with Crippen LogP contribution in [-0.2, 0) is 20.9 Å². The molecule has 2 fully saturated rings. The number of aromatic nitrogens is 3. The maximum Gasteiger partial charge on any atom is 0.410 e. The lowest BCUT2D eigenvalue weighted by Crippen LogP contribution is -2.60. The minimum absolute atomic E-state index is 0.0657. The van der Waals surface area contributed by atoms with E-state index in [-0.39, 0.29) is 41.8 Å². The fourth-order valence-electron chi connectivity index (χ4n) is 6.32. The molecule has 3 heterocycles. The fourth-order valence-corrected chi connectivity index (χ4v) is 6.32. The van der Waals surface area contributed by atoms with Crippen LogP contribution in [0.1, 0.15) is 68.7 Å². The van der Waals surface area contributed by atoms with Crippen LogP contribution in [0.2, 0.25) is 0 Å². The number of ether oxygens (including phenoxy) is 1. The third kappa shape index (κ3) is 8.43. The van der Waals surface area contributed by atoms with Gasteiger partial charge in [0.15, 0.2) is 0 Å². The summed E-state index contributed by atoms with van der Waals surface area (Å²) >= 11 is 0. The van der Waals surface area contributed by atoms with Gasteiger partial charge in [-0.1, -0.05) is 26.0 Å². The van der Waals surface area contributed by atoms with Crippen LogP contribution in [0.15, 0.2) is 30.5 Å². The second-order valence-corrected chi connectivity index (χ2v) is 15.3. The molecule has 1 aromatic carbocycles. The minimum atomic E-state index is -0.908. The van der Waals surface area contributed by atoms with Crippen LogP contribution in [0.25, 0.3) is 11.3 Å². The fraction of sp³-hybridized carbons (Fsp3) is 0.647. The number of hydrogen-bond donors (Lipinski definition) is 2. The first-order chi connectivity index (χ1) is 22.3. The normalized spacial score (nSPS) is 20.7. The number of hydrogen-bond acceptors (Lipinski definition) is 7. The van der Waals surface area contributed by atoms with Crippen LogP contribution < -0.4 is 10.6 Å². The first-order valence-corrected chi connectivity index (χ1v) is 16.6. The molecule has 264 valence electrons. The number of halogens is 1. The number of likely N-dealkylation sites (tertiary alicyclic amines) is 2. The van der Waals surface area contributed by atoms with Gasteiger partial charge in [-0.3, -0.25) is 19.2 Å². The van der Waals surface area contributed by atoms with Gasteiger partial charge in [0, 0.05) is 44.2 Å². The maximum atomic E-state index is 14.5. The molecule has 48 heavy (non-hydrogen) atoms. The van der Waals surface area contributed by atoms with Crippen molar-refractivity contribution in [2.45, 2.75) is 111 Å². The quantitative estimate of drug-likeness (QED) is 0.434. The van der Waals surface area contributed by atoms with E-state index in [4.69, 9.17) is 4.74 Å². The predicted molar refractivity (Wildman–Crippen MR) is 178 cm³/mol. The van der Waals surface area contributed by atoms with E-state index in [9.17, 15) is 23.6 Å². The molecule has 4 rings (SSSR count). The van der Waals surface area contributed by atoms with E-state index in [0.29, 0.717) is 31.7 Å². The monoisotopic (exact) mass is 670 g/mol. The smallest absolute Gasteiger partial charge is 0.410 e. The third-order valence-electron chi connectivity index (χ3n) is 8.83. The Kier molecular flexibility index (Phi) is 10.7. The van der Waals surface area contributed by atoms with E-state index in [0.717, 1.165) is 5.56 Å².